The molecule has 0 bridgehead atoms. The quantitative estimate of drug-likeness (QED) is 0.908. The van der Waals surface area contributed by atoms with E-state index >= 15 is 0 Å². The Kier molecular flexibility index (Phi) is 5.98. The molecule has 22 heavy (non-hydrogen) atoms. The zero-order valence-electron chi connectivity index (χ0n) is 13.9. The van der Waals surface area contributed by atoms with Crippen LogP contribution in [0.25, 0.3) is 0 Å². The third kappa shape index (κ3) is 4.31. The van der Waals surface area contributed by atoms with Crippen LogP contribution in [0.4, 0.5) is 0 Å². The summed E-state index contributed by atoms with van der Waals surface area (Å²) in [6.45, 7) is 6.50. The van der Waals surface area contributed by atoms with Crippen molar-refractivity contribution in [2.45, 2.75) is 38.8 Å². The lowest BCUT2D eigenvalue weighted by atomic mass is 9.94. The number of hydrogen-bond donors (Lipinski definition) is 1. The van der Waals surface area contributed by atoms with Crippen molar-refractivity contribution in [2.75, 3.05) is 26.7 Å². The molecule has 1 aromatic rings. The number of piperidine rings is 1. The number of carbonyl (C=O) groups excluding carboxylic acids is 1. The Morgan fingerprint density at radius 3 is 2.41 bits per heavy atom. The number of benzene rings is 1. The first kappa shape index (κ1) is 17.0. The standard InChI is InChI=1S/C18H28N2O2/c1-14(2)19(3)18(22)16-9-11-20(12-10-16)13-17(21)15-7-5-4-6-8-15/h4-8,14,16-17,21H,9-13H2,1-3H3. The van der Waals surface area contributed by atoms with E-state index in [1.165, 1.54) is 0 Å². The molecule has 0 spiro atoms. The second kappa shape index (κ2) is 7.75. The second-order valence-corrected chi connectivity index (χ2v) is 6.54. The summed E-state index contributed by atoms with van der Waals surface area (Å²) in [4.78, 5) is 16.5. The summed E-state index contributed by atoms with van der Waals surface area (Å²) in [5.74, 6) is 0.399. The highest BCUT2D eigenvalue weighted by molar-refractivity contribution is 5.78. The zero-order valence-corrected chi connectivity index (χ0v) is 13.9. The molecule has 1 heterocycles. The molecule has 4 nitrogen and oxygen atoms in total. The number of β-amino-alcohol motifs (C(OH)–C–C–N with tert-alkyl or cyclic N) is 1. The van der Waals surface area contributed by atoms with Crippen LogP contribution in [0, 0.1) is 5.92 Å². The van der Waals surface area contributed by atoms with Crippen LogP contribution < -0.4 is 0 Å². The van der Waals surface area contributed by atoms with Gasteiger partial charge in [0.1, 0.15) is 0 Å². The fourth-order valence-corrected chi connectivity index (χ4v) is 2.93. The zero-order chi connectivity index (χ0) is 16.1. The molecule has 1 aromatic carbocycles. The first-order valence-electron chi connectivity index (χ1n) is 8.21. The Labute approximate surface area is 133 Å². The monoisotopic (exact) mass is 304 g/mol. The van der Waals surface area contributed by atoms with Gasteiger partial charge in [0.25, 0.3) is 0 Å². The number of aliphatic hydroxyl groups is 1. The Morgan fingerprint density at radius 1 is 1.27 bits per heavy atom. The van der Waals surface area contributed by atoms with E-state index < -0.39 is 6.10 Å². The summed E-state index contributed by atoms with van der Waals surface area (Å²) < 4.78 is 0. The van der Waals surface area contributed by atoms with Crippen molar-refractivity contribution < 1.29 is 9.90 Å². The molecule has 1 aliphatic rings. The van der Waals surface area contributed by atoms with E-state index in [2.05, 4.69) is 4.90 Å². The summed E-state index contributed by atoms with van der Waals surface area (Å²) in [6, 6.07) is 10.0. The molecule has 1 unspecified atom stereocenters. The Balaban J connectivity index is 1.81. The van der Waals surface area contributed by atoms with Gasteiger partial charge in [-0.05, 0) is 45.3 Å². The van der Waals surface area contributed by atoms with Crippen molar-refractivity contribution in [2.24, 2.45) is 5.92 Å². The van der Waals surface area contributed by atoms with E-state index in [1.54, 1.807) is 0 Å². The van der Waals surface area contributed by atoms with Gasteiger partial charge in [0.05, 0.1) is 6.10 Å². The third-order valence-electron chi connectivity index (χ3n) is 4.67. The fraction of sp³-hybridized carbons (Fsp3) is 0.611. The molecule has 0 radical (unpaired) electrons. The average molecular weight is 304 g/mol. The van der Waals surface area contributed by atoms with E-state index in [1.807, 2.05) is 56.1 Å². The molecule has 0 aromatic heterocycles. The SMILES string of the molecule is CC(C)N(C)C(=O)C1CCN(CC(O)c2ccccc2)CC1. The van der Waals surface area contributed by atoms with Gasteiger partial charge < -0.3 is 14.9 Å². The molecular formula is C18H28N2O2. The first-order chi connectivity index (χ1) is 10.5. The molecule has 1 saturated heterocycles. The van der Waals surface area contributed by atoms with Gasteiger partial charge in [-0.3, -0.25) is 4.79 Å². The van der Waals surface area contributed by atoms with Gasteiger partial charge in [-0.25, -0.2) is 0 Å². The van der Waals surface area contributed by atoms with E-state index in [9.17, 15) is 9.90 Å². The third-order valence-corrected chi connectivity index (χ3v) is 4.67. The van der Waals surface area contributed by atoms with Crippen molar-refractivity contribution in [3.05, 3.63) is 35.9 Å². The van der Waals surface area contributed by atoms with Crippen molar-refractivity contribution in [1.29, 1.82) is 0 Å². The molecule has 1 N–H and O–H groups in total. The average Bonchev–Trinajstić information content (AvgIpc) is 2.55. The van der Waals surface area contributed by atoms with Gasteiger partial charge in [-0.2, -0.15) is 0 Å². The smallest absolute Gasteiger partial charge is 0.225 e. The van der Waals surface area contributed by atoms with Gasteiger partial charge in [-0.1, -0.05) is 30.3 Å². The molecule has 2 rings (SSSR count). The highest BCUT2D eigenvalue weighted by Gasteiger charge is 2.28. The van der Waals surface area contributed by atoms with Gasteiger partial charge in [0.15, 0.2) is 0 Å². The van der Waals surface area contributed by atoms with Gasteiger partial charge in [-0.15, -0.1) is 0 Å². The highest BCUT2D eigenvalue weighted by Crippen LogP contribution is 2.22. The minimum atomic E-state index is -0.452. The normalized spacial score (nSPS) is 18.4. The number of nitrogens with zero attached hydrogens (tertiary/aromatic N) is 2. The summed E-state index contributed by atoms with van der Waals surface area (Å²) in [5, 5.41) is 10.3. The maximum atomic E-state index is 12.3. The number of amides is 1. The van der Waals surface area contributed by atoms with Crippen molar-refractivity contribution in [3.8, 4) is 0 Å². The van der Waals surface area contributed by atoms with Gasteiger partial charge in [0.2, 0.25) is 5.91 Å². The number of hydrogen-bond acceptors (Lipinski definition) is 3. The largest absolute Gasteiger partial charge is 0.387 e. The fourth-order valence-electron chi connectivity index (χ4n) is 2.93. The van der Waals surface area contributed by atoms with Crippen LogP contribution in [0.3, 0.4) is 0 Å². The van der Waals surface area contributed by atoms with E-state index in [4.69, 9.17) is 0 Å². The van der Waals surface area contributed by atoms with Crippen LogP contribution in [0.15, 0.2) is 30.3 Å². The lowest BCUT2D eigenvalue weighted by Crippen LogP contribution is -2.44. The van der Waals surface area contributed by atoms with Crippen LogP contribution in [-0.4, -0.2) is 53.5 Å². The molecule has 1 amide bonds. The van der Waals surface area contributed by atoms with E-state index in [0.717, 1.165) is 31.5 Å². The summed E-state index contributed by atoms with van der Waals surface area (Å²) in [5.41, 5.74) is 0.959. The van der Waals surface area contributed by atoms with Crippen LogP contribution >= 0.6 is 0 Å². The predicted molar refractivity (Wildman–Crippen MR) is 88.5 cm³/mol. The summed E-state index contributed by atoms with van der Waals surface area (Å²) >= 11 is 0. The summed E-state index contributed by atoms with van der Waals surface area (Å²) in [6.07, 6.45) is 1.32. The van der Waals surface area contributed by atoms with Crippen molar-refractivity contribution in [1.82, 2.24) is 9.80 Å². The molecular weight excluding hydrogens is 276 g/mol. The topological polar surface area (TPSA) is 43.8 Å². The molecule has 0 saturated carbocycles. The Hall–Kier alpha value is -1.39. The van der Waals surface area contributed by atoms with Crippen LogP contribution in [0.2, 0.25) is 0 Å². The van der Waals surface area contributed by atoms with Crippen LogP contribution in [0.1, 0.15) is 38.4 Å². The maximum absolute atomic E-state index is 12.3. The van der Waals surface area contributed by atoms with E-state index in [-0.39, 0.29) is 17.9 Å². The molecule has 1 aliphatic heterocycles. The molecule has 122 valence electrons. The van der Waals surface area contributed by atoms with Crippen LogP contribution in [-0.2, 0) is 4.79 Å². The second-order valence-electron chi connectivity index (χ2n) is 6.54. The van der Waals surface area contributed by atoms with Gasteiger partial charge >= 0.3 is 0 Å². The molecule has 0 aliphatic carbocycles. The lowest BCUT2D eigenvalue weighted by Gasteiger charge is -2.35. The minimum Gasteiger partial charge on any atom is -0.387 e. The lowest BCUT2D eigenvalue weighted by molar-refractivity contribution is -0.137. The summed E-state index contributed by atoms with van der Waals surface area (Å²) in [7, 11) is 1.89. The molecule has 1 atom stereocenters. The molecule has 4 heteroatoms. The van der Waals surface area contributed by atoms with Gasteiger partial charge in [0, 0.05) is 25.6 Å². The number of aliphatic hydroxyl groups excluding tert-OH is 1. The van der Waals surface area contributed by atoms with Crippen LogP contribution in [0.5, 0.6) is 0 Å². The maximum Gasteiger partial charge on any atom is 0.225 e. The highest BCUT2D eigenvalue weighted by atomic mass is 16.3. The Morgan fingerprint density at radius 2 is 1.86 bits per heavy atom. The number of carbonyl (C=O) groups is 1. The number of rotatable bonds is 5. The first-order valence-corrected chi connectivity index (χ1v) is 8.21. The minimum absolute atomic E-state index is 0.137. The van der Waals surface area contributed by atoms with Crippen molar-refractivity contribution in [3.63, 3.8) is 0 Å². The predicted octanol–water partition coefficient (Wildman–Crippen LogP) is 2.30. The van der Waals surface area contributed by atoms with E-state index in [0.29, 0.717) is 6.54 Å². The molecule has 1 fully saturated rings. The Bertz CT molecular complexity index is 467. The van der Waals surface area contributed by atoms with Crippen molar-refractivity contribution >= 4 is 5.91 Å². The number of likely N-dealkylation sites (tertiary alicyclic amines) is 1.